The van der Waals surface area contributed by atoms with Gasteiger partial charge in [-0.05, 0) is 75.6 Å². The van der Waals surface area contributed by atoms with Gasteiger partial charge in [0.05, 0.1) is 29.9 Å². The van der Waals surface area contributed by atoms with E-state index in [1.807, 2.05) is 0 Å². The first-order valence-electron chi connectivity index (χ1n) is 14.9. The molecule has 266 valence electrons. The van der Waals surface area contributed by atoms with Crippen molar-refractivity contribution >= 4 is 18.0 Å². The number of rotatable bonds is 9. The normalized spacial score (nSPS) is 20.3. The highest BCUT2D eigenvalue weighted by molar-refractivity contribution is 5.78. The molecule has 5 atom stereocenters. The van der Waals surface area contributed by atoms with E-state index in [9.17, 15) is 50.2 Å². The molecule has 1 amide bonds. The highest BCUT2D eigenvalue weighted by atomic mass is 19.4. The molecule has 2 aromatic carbocycles. The van der Waals surface area contributed by atoms with Gasteiger partial charge < -0.3 is 24.2 Å². The molecule has 15 heteroatoms. The lowest BCUT2D eigenvalue weighted by molar-refractivity contribution is -0.171. The third-order valence-electron chi connectivity index (χ3n) is 7.89. The Hall–Kier alpha value is -3.88. The molecule has 1 saturated heterocycles. The molecule has 0 aromatic heterocycles. The zero-order valence-electron chi connectivity index (χ0n) is 27.3. The van der Waals surface area contributed by atoms with Crippen molar-refractivity contribution in [1.29, 1.82) is 0 Å². The molecule has 8 nitrogen and oxygen atoms in total. The van der Waals surface area contributed by atoms with Gasteiger partial charge in [0.25, 0.3) is 0 Å². The van der Waals surface area contributed by atoms with Crippen LogP contribution in [-0.2, 0) is 36.2 Å². The standard InChI is InChI=1S/C33H38F7NO7/c1-17(20-12-21(32(35,36)37)14-22(13-20)33(38,39)40)46-25-16-41(29(45)48-30(3,4)5)24(26(25)19-8-10-23(34)11-9-19)15-31(6,7)27(28(43)44)47-18(2)42/h8-14,17,24-27H,15-16H2,1-7H3,(H,43,44)/t17-,24+,25+,26+,27?/m1/s1. The minimum absolute atomic E-state index is 0.00253. The van der Waals surface area contributed by atoms with E-state index >= 15 is 0 Å². The third-order valence-corrected chi connectivity index (χ3v) is 7.89. The zero-order chi connectivity index (χ0) is 36.6. The van der Waals surface area contributed by atoms with Crippen LogP contribution in [-0.4, -0.2) is 58.4 Å². The van der Waals surface area contributed by atoms with Crippen molar-refractivity contribution in [3.05, 3.63) is 70.5 Å². The monoisotopic (exact) mass is 693 g/mol. The fourth-order valence-corrected chi connectivity index (χ4v) is 5.81. The molecule has 0 aliphatic carbocycles. The quantitative estimate of drug-likeness (QED) is 0.209. The SMILES string of the molecule is CC(=O)OC(C(=O)O)C(C)(C)C[C@H]1[C@H](c2ccc(F)cc2)[C@@H](O[C@H](C)c2cc(C(F)(F)F)cc(C(F)(F)F)c2)CN1C(=O)OC(C)(C)C. The topological polar surface area (TPSA) is 102 Å². The van der Waals surface area contributed by atoms with Crippen LogP contribution in [0.15, 0.2) is 42.5 Å². The minimum Gasteiger partial charge on any atom is -0.478 e. The van der Waals surface area contributed by atoms with Crippen LogP contribution in [0.3, 0.4) is 0 Å². The number of carboxylic acid groups (broad SMARTS) is 1. The van der Waals surface area contributed by atoms with Crippen LogP contribution in [0.1, 0.15) is 89.2 Å². The molecule has 1 unspecified atom stereocenters. The van der Waals surface area contributed by atoms with Crippen LogP contribution in [0.2, 0.25) is 0 Å². The van der Waals surface area contributed by atoms with Crippen LogP contribution >= 0.6 is 0 Å². The van der Waals surface area contributed by atoms with Crippen molar-refractivity contribution in [1.82, 2.24) is 4.90 Å². The molecule has 1 aliphatic rings. The van der Waals surface area contributed by atoms with Crippen molar-refractivity contribution in [3.8, 4) is 0 Å². The summed E-state index contributed by atoms with van der Waals surface area (Å²) in [6.07, 6.45) is -15.4. The second-order valence-electron chi connectivity index (χ2n) is 13.5. The Kier molecular flexibility index (Phi) is 11.2. The van der Waals surface area contributed by atoms with Gasteiger partial charge in [0.2, 0.25) is 6.10 Å². The first-order valence-corrected chi connectivity index (χ1v) is 14.9. The molecule has 1 fully saturated rings. The minimum atomic E-state index is -5.10. The average Bonchev–Trinajstić information content (AvgIpc) is 3.26. The lowest BCUT2D eigenvalue weighted by Gasteiger charge is -2.38. The summed E-state index contributed by atoms with van der Waals surface area (Å²) in [6, 6.07) is 5.10. The Balaban J connectivity index is 2.17. The third kappa shape index (κ3) is 9.60. The van der Waals surface area contributed by atoms with E-state index in [0.717, 1.165) is 19.1 Å². The molecule has 2 aromatic rings. The number of halogens is 7. The van der Waals surface area contributed by atoms with Gasteiger partial charge in [-0.25, -0.2) is 14.0 Å². The molecule has 1 heterocycles. The maximum atomic E-state index is 14.0. The van der Waals surface area contributed by atoms with Gasteiger partial charge in [-0.3, -0.25) is 4.79 Å². The predicted molar refractivity (Wildman–Crippen MR) is 157 cm³/mol. The summed E-state index contributed by atoms with van der Waals surface area (Å²) in [4.78, 5) is 38.9. The number of carbonyl (C=O) groups is 3. The maximum absolute atomic E-state index is 14.0. The summed E-state index contributed by atoms with van der Waals surface area (Å²) in [5.41, 5.74) is -5.52. The van der Waals surface area contributed by atoms with E-state index < -0.39 is 94.2 Å². The number of carbonyl (C=O) groups excluding carboxylic acids is 2. The van der Waals surface area contributed by atoms with Gasteiger partial charge in [0.1, 0.15) is 11.4 Å². The van der Waals surface area contributed by atoms with Crippen molar-refractivity contribution in [3.63, 3.8) is 0 Å². The van der Waals surface area contributed by atoms with Crippen LogP contribution in [0, 0.1) is 11.2 Å². The summed E-state index contributed by atoms with van der Waals surface area (Å²) < 4.78 is 113. The summed E-state index contributed by atoms with van der Waals surface area (Å²) in [6.45, 7) is 9.76. The molecule has 0 bridgehead atoms. The highest BCUT2D eigenvalue weighted by Crippen LogP contribution is 2.45. The van der Waals surface area contributed by atoms with Crippen LogP contribution in [0.4, 0.5) is 35.5 Å². The van der Waals surface area contributed by atoms with Crippen molar-refractivity contribution in [2.24, 2.45) is 5.41 Å². The Bertz CT molecular complexity index is 1450. The van der Waals surface area contributed by atoms with Crippen LogP contribution in [0.5, 0.6) is 0 Å². The molecular formula is C33H38F7NO7. The number of alkyl halides is 6. The van der Waals surface area contributed by atoms with Gasteiger partial charge >= 0.3 is 30.4 Å². The number of likely N-dealkylation sites (tertiary alicyclic amines) is 1. The second kappa shape index (κ2) is 13.9. The fourth-order valence-electron chi connectivity index (χ4n) is 5.81. The number of benzene rings is 2. The molecule has 0 spiro atoms. The predicted octanol–water partition coefficient (Wildman–Crippen LogP) is 8.15. The molecule has 48 heavy (non-hydrogen) atoms. The second-order valence-corrected chi connectivity index (χ2v) is 13.5. The Morgan fingerprint density at radius 3 is 1.88 bits per heavy atom. The van der Waals surface area contributed by atoms with Gasteiger partial charge in [0, 0.05) is 24.3 Å². The number of nitrogens with zero attached hydrogens (tertiary/aromatic N) is 1. The van der Waals surface area contributed by atoms with E-state index in [1.165, 1.54) is 37.8 Å². The molecule has 0 radical (unpaired) electrons. The van der Waals surface area contributed by atoms with E-state index in [-0.39, 0.29) is 19.0 Å². The van der Waals surface area contributed by atoms with Crippen LogP contribution in [0.25, 0.3) is 0 Å². The number of esters is 1. The van der Waals surface area contributed by atoms with E-state index in [1.54, 1.807) is 20.8 Å². The fraction of sp³-hybridized carbons (Fsp3) is 0.545. The molecule has 0 saturated carbocycles. The average molecular weight is 694 g/mol. The van der Waals surface area contributed by atoms with Crippen molar-refractivity contribution in [2.45, 2.75) is 103 Å². The van der Waals surface area contributed by atoms with E-state index in [4.69, 9.17) is 14.2 Å². The largest absolute Gasteiger partial charge is 0.478 e. The number of amides is 1. The van der Waals surface area contributed by atoms with Gasteiger partial charge in [0.15, 0.2) is 0 Å². The van der Waals surface area contributed by atoms with Gasteiger partial charge in [-0.1, -0.05) is 26.0 Å². The lowest BCUT2D eigenvalue weighted by atomic mass is 9.75. The summed E-state index contributed by atoms with van der Waals surface area (Å²) >= 11 is 0. The van der Waals surface area contributed by atoms with Gasteiger partial charge in [-0.15, -0.1) is 0 Å². The van der Waals surface area contributed by atoms with Crippen molar-refractivity contribution in [2.75, 3.05) is 6.54 Å². The summed E-state index contributed by atoms with van der Waals surface area (Å²) in [5.74, 6) is -3.90. The molecule has 1 N–H and O–H groups in total. The lowest BCUT2D eigenvalue weighted by Crippen LogP contribution is -2.47. The number of hydrogen-bond donors (Lipinski definition) is 1. The molecule has 3 rings (SSSR count). The first-order chi connectivity index (χ1) is 21.8. The van der Waals surface area contributed by atoms with Crippen LogP contribution < -0.4 is 0 Å². The summed E-state index contributed by atoms with van der Waals surface area (Å²) in [5, 5.41) is 9.92. The number of carboxylic acids is 1. The van der Waals surface area contributed by atoms with Crippen molar-refractivity contribution < 1.29 is 64.4 Å². The number of hydrogen-bond acceptors (Lipinski definition) is 6. The maximum Gasteiger partial charge on any atom is 0.416 e. The Morgan fingerprint density at radius 2 is 1.44 bits per heavy atom. The Labute approximate surface area is 273 Å². The number of aliphatic carboxylic acids is 1. The number of ether oxygens (including phenoxy) is 3. The first kappa shape index (κ1) is 38.6. The van der Waals surface area contributed by atoms with E-state index in [0.29, 0.717) is 17.7 Å². The summed E-state index contributed by atoms with van der Waals surface area (Å²) in [7, 11) is 0. The Morgan fingerprint density at radius 1 is 0.917 bits per heavy atom. The smallest absolute Gasteiger partial charge is 0.416 e. The zero-order valence-corrected chi connectivity index (χ0v) is 27.3. The molecule has 1 aliphatic heterocycles. The van der Waals surface area contributed by atoms with E-state index in [2.05, 4.69) is 0 Å². The highest BCUT2D eigenvalue weighted by Gasteiger charge is 2.51. The molecular weight excluding hydrogens is 655 g/mol. The van der Waals surface area contributed by atoms with Gasteiger partial charge in [-0.2, -0.15) is 26.3 Å².